The van der Waals surface area contributed by atoms with Crippen LogP contribution in [-0.4, -0.2) is 57.6 Å². The first-order valence-electron chi connectivity index (χ1n) is 11.1. The molecule has 3 fully saturated rings. The molecule has 0 aliphatic heterocycles. The second-order valence-electron chi connectivity index (χ2n) is 9.71. The van der Waals surface area contributed by atoms with Gasteiger partial charge in [0.25, 0.3) is 0 Å². The van der Waals surface area contributed by atoms with Crippen molar-refractivity contribution in [1.82, 2.24) is 0 Å². The number of carbonyl (C=O) groups is 4. The molecule has 32 heavy (non-hydrogen) atoms. The summed E-state index contributed by atoms with van der Waals surface area (Å²) in [5, 5.41) is 28.2. The molecule has 4 rings (SSSR count). The van der Waals surface area contributed by atoms with Crippen molar-refractivity contribution >= 4 is 23.5 Å². The summed E-state index contributed by atoms with van der Waals surface area (Å²) < 4.78 is 3.96. The van der Waals surface area contributed by atoms with Crippen LogP contribution in [-0.2, 0) is 19.1 Å². The van der Waals surface area contributed by atoms with Crippen molar-refractivity contribution in [3.8, 4) is 0 Å². The number of aliphatic hydroxyl groups excluding tert-OH is 1. The molecule has 176 valence electrons. The number of Topliss-reactive ketones (excluding diaryl/α,β-unsaturated/α-hetero) is 2. The van der Waals surface area contributed by atoms with Crippen LogP contribution < -0.4 is 0 Å². The molecule has 3 saturated carbocycles. The first-order valence-corrected chi connectivity index (χ1v) is 11.1. The molecule has 0 saturated heterocycles. The minimum absolute atomic E-state index is 0.0206. The lowest BCUT2D eigenvalue weighted by molar-refractivity contribution is -0.168. The van der Waals surface area contributed by atoms with Crippen molar-refractivity contribution in [2.24, 2.45) is 28.6 Å². The maximum Gasteiger partial charge on any atom is 0.505 e. The molecule has 0 bridgehead atoms. The fraction of sp³-hybridized carbons (Fsp3) is 0.667. The Morgan fingerprint density at radius 2 is 1.91 bits per heavy atom. The molecule has 0 aromatic carbocycles. The zero-order valence-electron chi connectivity index (χ0n) is 18.8. The van der Waals surface area contributed by atoms with Crippen molar-refractivity contribution in [2.45, 2.75) is 58.5 Å². The van der Waals surface area contributed by atoms with E-state index in [2.05, 4.69) is 4.74 Å². The van der Waals surface area contributed by atoms with Crippen LogP contribution in [0.4, 0.5) is 4.79 Å². The molecule has 0 spiro atoms. The third-order valence-corrected chi connectivity index (χ3v) is 8.28. The molecule has 4 aliphatic rings. The van der Waals surface area contributed by atoms with Crippen LogP contribution in [0.1, 0.15) is 52.9 Å². The van der Waals surface area contributed by atoms with E-state index in [0.29, 0.717) is 12.8 Å². The van der Waals surface area contributed by atoms with E-state index in [1.165, 1.54) is 0 Å². The second kappa shape index (κ2) is 8.56. The largest absolute Gasteiger partial charge is 0.505 e. The fourth-order valence-electron chi connectivity index (χ4n) is 6.75. The predicted molar refractivity (Wildman–Crippen MR) is 114 cm³/mol. The Morgan fingerprint density at radius 3 is 2.47 bits per heavy atom. The number of ether oxygens (including phenoxy) is 1. The summed E-state index contributed by atoms with van der Waals surface area (Å²) in [6.07, 6.45) is 6.61. The van der Waals surface area contributed by atoms with Gasteiger partial charge in [-0.25, -0.2) is 4.79 Å². The molecule has 3 N–H and O–H groups in total. The summed E-state index contributed by atoms with van der Waals surface area (Å²) >= 11 is 0. The Morgan fingerprint density at radius 1 is 1.22 bits per heavy atom. The Hall–Kier alpha value is -2.32. The van der Waals surface area contributed by atoms with Crippen molar-refractivity contribution in [3.63, 3.8) is 0 Å². The molecular weight excluding hydrogens is 416 g/mol. The number of hydrogen-bond donors (Lipinski definition) is 3. The first-order chi connectivity index (χ1) is 14.9. The van der Waals surface area contributed by atoms with Gasteiger partial charge in [0.1, 0.15) is 18.0 Å². The number of aliphatic hydroxyl groups is 2. The molecule has 0 heterocycles. The van der Waals surface area contributed by atoms with Gasteiger partial charge in [0, 0.05) is 23.2 Å². The smallest absolute Gasteiger partial charge is 0.450 e. The lowest BCUT2D eigenvalue weighted by Crippen LogP contribution is -2.60. The van der Waals surface area contributed by atoms with Gasteiger partial charge in [-0.3, -0.25) is 14.4 Å². The van der Waals surface area contributed by atoms with Crippen molar-refractivity contribution in [1.29, 1.82) is 0 Å². The number of allylic oxidation sites excluding steroid dienone is 4. The van der Waals surface area contributed by atoms with Crippen LogP contribution in [0.5, 0.6) is 0 Å². The van der Waals surface area contributed by atoms with Crippen LogP contribution in [0.2, 0.25) is 0 Å². The van der Waals surface area contributed by atoms with E-state index in [4.69, 9.17) is 5.11 Å². The van der Waals surface area contributed by atoms with Gasteiger partial charge in [-0.05, 0) is 56.6 Å². The average Bonchev–Trinajstić information content (AvgIpc) is 2.99. The van der Waals surface area contributed by atoms with E-state index in [1.54, 1.807) is 19.1 Å². The van der Waals surface area contributed by atoms with E-state index >= 15 is 0 Å². The molecule has 4 aliphatic carbocycles. The van der Waals surface area contributed by atoms with Gasteiger partial charge in [-0.1, -0.05) is 25.5 Å². The number of fused-ring (bicyclic) bond motifs is 5. The lowest BCUT2D eigenvalue weighted by atomic mass is 9.46. The zero-order chi connectivity index (χ0) is 23.9. The molecule has 0 radical (unpaired) electrons. The highest BCUT2D eigenvalue weighted by atomic mass is 16.7. The van der Waals surface area contributed by atoms with Crippen LogP contribution >= 0.6 is 0 Å². The van der Waals surface area contributed by atoms with Gasteiger partial charge >= 0.3 is 6.16 Å². The first kappa shape index (κ1) is 24.3. The average molecular weight is 449 g/mol. The van der Waals surface area contributed by atoms with Gasteiger partial charge in [0.15, 0.2) is 11.6 Å². The third-order valence-electron chi connectivity index (χ3n) is 8.28. The molecule has 0 aromatic heterocycles. The highest BCUT2D eigenvalue weighted by Gasteiger charge is 2.68. The van der Waals surface area contributed by atoms with Gasteiger partial charge in [-0.15, -0.1) is 0 Å². The Kier molecular flexibility index (Phi) is 6.50. The highest BCUT2D eigenvalue weighted by molar-refractivity contribution is 6.02. The SMILES string of the molecule is CCOC(=O)O.C[C@]12C=CC(=O)C=C1CC[C@@H]1[C@@H]2C(=O)C[C@@]2(C)[C@H]1CC[C@]2(O)C(=O)CO. The minimum Gasteiger partial charge on any atom is -0.450 e. The monoisotopic (exact) mass is 448 g/mol. The molecule has 8 nitrogen and oxygen atoms in total. The van der Waals surface area contributed by atoms with Gasteiger partial charge < -0.3 is 20.1 Å². The molecular formula is C24H32O8. The third kappa shape index (κ3) is 3.63. The van der Waals surface area contributed by atoms with E-state index in [0.717, 1.165) is 18.4 Å². The molecule has 0 aromatic rings. The van der Waals surface area contributed by atoms with Crippen molar-refractivity contribution in [3.05, 3.63) is 23.8 Å². The summed E-state index contributed by atoms with van der Waals surface area (Å²) in [6, 6.07) is 0. The quantitative estimate of drug-likeness (QED) is 0.560. The van der Waals surface area contributed by atoms with E-state index in [9.17, 15) is 29.4 Å². The molecule has 0 amide bonds. The lowest BCUT2D eigenvalue weighted by Gasteiger charge is -2.56. The maximum atomic E-state index is 13.3. The van der Waals surface area contributed by atoms with Crippen LogP contribution in [0.15, 0.2) is 23.8 Å². The van der Waals surface area contributed by atoms with Crippen LogP contribution in [0.3, 0.4) is 0 Å². The number of ketones is 3. The maximum absolute atomic E-state index is 13.3. The Bertz CT molecular complexity index is 888. The number of carbonyl (C=O) groups excluding carboxylic acids is 3. The van der Waals surface area contributed by atoms with Gasteiger partial charge in [0.2, 0.25) is 0 Å². The second-order valence-corrected chi connectivity index (χ2v) is 9.71. The van der Waals surface area contributed by atoms with Crippen LogP contribution in [0.25, 0.3) is 0 Å². The number of hydrogen-bond acceptors (Lipinski definition) is 7. The fourth-order valence-corrected chi connectivity index (χ4v) is 6.75. The summed E-state index contributed by atoms with van der Waals surface area (Å²) in [5.74, 6) is -0.590. The van der Waals surface area contributed by atoms with E-state index < -0.39 is 35.0 Å². The van der Waals surface area contributed by atoms with Crippen molar-refractivity contribution < 1.29 is 39.2 Å². The summed E-state index contributed by atoms with van der Waals surface area (Å²) in [4.78, 5) is 46.8. The minimum atomic E-state index is -1.62. The zero-order valence-corrected chi connectivity index (χ0v) is 18.8. The predicted octanol–water partition coefficient (Wildman–Crippen LogP) is 2.47. The highest BCUT2D eigenvalue weighted by Crippen LogP contribution is 2.66. The van der Waals surface area contributed by atoms with Gasteiger partial charge in [-0.2, -0.15) is 0 Å². The molecule has 0 unspecified atom stereocenters. The number of rotatable bonds is 3. The topological polar surface area (TPSA) is 138 Å². The summed E-state index contributed by atoms with van der Waals surface area (Å²) in [7, 11) is 0. The molecule has 8 heteroatoms. The van der Waals surface area contributed by atoms with Crippen molar-refractivity contribution in [2.75, 3.05) is 13.2 Å². The normalized spacial score (nSPS) is 39.7. The Balaban J connectivity index is 0.000000427. The summed E-state index contributed by atoms with van der Waals surface area (Å²) in [5.41, 5.74) is -1.86. The van der Waals surface area contributed by atoms with Crippen LogP contribution in [0, 0.1) is 28.6 Å². The van der Waals surface area contributed by atoms with Gasteiger partial charge in [0.05, 0.1) is 6.61 Å². The Labute approximate surface area is 187 Å². The summed E-state index contributed by atoms with van der Waals surface area (Å²) in [6.45, 7) is 5.04. The number of carboxylic acid groups (broad SMARTS) is 1. The standard InChI is InChI=1S/C21H26O5.C3H6O3/c1-19-7-5-13(23)9-12(19)3-4-14-15-6-8-21(26,17(25)11-22)20(15,2)10-16(24)18(14)19;1-2-6-3(4)5/h5,7,9,14-15,18,22,26H,3-4,6,8,10-11H2,1-2H3;2H2,1H3,(H,4,5)/t14-,15-,18+,19-,20-,21-;/m0./s1. The van der Waals surface area contributed by atoms with E-state index in [-0.39, 0.29) is 42.3 Å². The molecule has 6 atom stereocenters. The van der Waals surface area contributed by atoms with E-state index in [1.807, 2.05) is 19.9 Å².